The van der Waals surface area contributed by atoms with Crippen LogP contribution in [0.15, 0.2) is 77.7 Å². The van der Waals surface area contributed by atoms with Crippen molar-refractivity contribution in [3.8, 4) is 0 Å². The molecular formula is C20H16F2N2O3S. The number of halogens is 2. The van der Waals surface area contributed by atoms with Crippen molar-refractivity contribution in [2.45, 2.75) is 4.90 Å². The summed E-state index contributed by atoms with van der Waals surface area (Å²) in [6.07, 6.45) is 0. The van der Waals surface area contributed by atoms with Gasteiger partial charge in [-0.1, -0.05) is 30.3 Å². The number of nitrogens with zero attached hydrogens (tertiary/aromatic N) is 1. The summed E-state index contributed by atoms with van der Waals surface area (Å²) < 4.78 is 53.1. The maximum absolute atomic E-state index is 13.4. The fraction of sp³-hybridized carbons (Fsp3) is 0.0500. The van der Waals surface area contributed by atoms with E-state index >= 15 is 0 Å². The van der Waals surface area contributed by atoms with Gasteiger partial charge < -0.3 is 5.32 Å². The predicted octanol–water partition coefficient (Wildman–Crippen LogP) is 4.04. The molecular weight excluding hydrogens is 386 g/mol. The molecule has 0 bridgehead atoms. The number of para-hydroxylation sites is 1. The molecule has 0 aliphatic carbocycles. The van der Waals surface area contributed by atoms with E-state index in [-0.39, 0.29) is 21.8 Å². The van der Waals surface area contributed by atoms with Gasteiger partial charge in [0, 0.05) is 18.8 Å². The van der Waals surface area contributed by atoms with E-state index in [4.69, 9.17) is 0 Å². The summed E-state index contributed by atoms with van der Waals surface area (Å²) in [4.78, 5) is 12.7. The third-order valence-corrected chi connectivity index (χ3v) is 5.85. The van der Waals surface area contributed by atoms with Crippen LogP contribution in [-0.2, 0) is 10.0 Å². The summed E-state index contributed by atoms with van der Waals surface area (Å²) in [6.45, 7) is 0. The molecule has 0 aliphatic rings. The Labute approximate surface area is 161 Å². The number of rotatable bonds is 5. The fourth-order valence-electron chi connectivity index (χ4n) is 2.59. The number of hydrogen-bond acceptors (Lipinski definition) is 3. The van der Waals surface area contributed by atoms with Crippen molar-refractivity contribution in [3.63, 3.8) is 0 Å². The number of carbonyl (C=O) groups excluding carboxylic acids is 1. The average molecular weight is 402 g/mol. The molecule has 5 nitrogen and oxygen atoms in total. The second-order valence-electron chi connectivity index (χ2n) is 5.89. The molecule has 0 heterocycles. The summed E-state index contributed by atoms with van der Waals surface area (Å²) in [5.41, 5.74) is 0.257. The Bertz CT molecular complexity index is 1120. The lowest BCUT2D eigenvalue weighted by Crippen LogP contribution is -2.29. The normalized spacial score (nSPS) is 11.1. The van der Waals surface area contributed by atoms with Gasteiger partial charge >= 0.3 is 0 Å². The van der Waals surface area contributed by atoms with Crippen molar-refractivity contribution in [2.24, 2.45) is 0 Å². The predicted molar refractivity (Wildman–Crippen MR) is 103 cm³/mol. The number of sulfonamides is 1. The molecule has 144 valence electrons. The maximum atomic E-state index is 13.4. The topological polar surface area (TPSA) is 66.5 Å². The highest BCUT2D eigenvalue weighted by Crippen LogP contribution is 2.26. The van der Waals surface area contributed by atoms with Gasteiger partial charge in [0.1, 0.15) is 0 Å². The van der Waals surface area contributed by atoms with Crippen LogP contribution in [0.3, 0.4) is 0 Å². The Hall–Kier alpha value is -3.26. The van der Waals surface area contributed by atoms with E-state index < -0.39 is 27.6 Å². The SMILES string of the molecule is CN(c1ccccc1C(=O)Nc1ccc(F)c(F)c1)S(=O)(=O)c1ccccc1. The molecule has 0 atom stereocenters. The van der Waals surface area contributed by atoms with Crippen LogP contribution in [0, 0.1) is 11.6 Å². The Morgan fingerprint density at radius 3 is 2.21 bits per heavy atom. The van der Waals surface area contributed by atoms with Crippen LogP contribution in [0.25, 0.3) is 0 Å². The lowest BCUT2D eigenvalue weighted by Gasteiger charge is -2.22. The smallest absolute Gasteiger partial charge is 0.264 e. The molecule has 0 radical (unpaired) electrons. The number of anilines is 2. The fourth-order valence-corrected chi connectivity index (χ4v) is 3.83. The maximum Gasteiger partial charge on any atom is 0.264 e. The standard InChI is InChI=1S/C20H16F2N2O3S/c1-24(28(26,27)15-7-3-2-4-8-15)19-10-6-5-9-16(19)20(25)23-14-11-12-17(21)18(22)13-14/h2-13H,1H3,(H,23,25). The highest BCUT2D eigenvalue weighted by molar-refractivity contribution is 7.92. The van der Waals surface area contributed by atoms with E-state index in [0.29, 0.717) is 0 Å². The van der Waals surface area contributed by atoms with Crippen molar-refractivity contribution in [3.05, 3.63) is 90.0 Å². The first-order chi connectivity index (χ1) is 13.3. The first-order valence-corrected chi connectivity index (χ1v) is 9.64. The monoisotopic (exact) mass is 402 g/mol. The molecule has 3 aromatic rings. The molecule has 0 saturated carbocycles. The van der Waals surface area contributed by atoms with Crippen molar-refractivity contribution in [1.82, 2.24) is 0 Å². The summed E-state index contributed by atoms with van der Waals surface area (Å²) in [7, 11) is -2.55. The van der Waals surface area contributed by atoms with E-state index in [2.05, 4.69) is 5.32 Å². The van der Waals surface area contributed by atoms with Crippen LogP contribution in [-0.4, -0.2) is 21.4 Å². The van der Waals surface area contributed by atoms with Gasteiger partial charge in [-0.25, -0.2) is 17.2 Å². The van der Waals surface area contributed by atoms with Crippen LogP contribution in [0.1, 0.15) is 10.4 Å². The highest BCUT2D eigenvalue weighted by atomic mass is 32.2. The second kappa shape index (κ2) is 7.77. The first kappa shape index (κ1) is 19.5. The molecule has 3 aromatic carbocycles. The van der Waals surface area contributed by atoms with Gasteiger partial charge in [-0.3, -0.25) is 9.10 Å². The number of amides is 1. The van der Waals surface area contributed by atoms with Crippen molar-refractivity contribution in [1.29, 1.82) is 0 Å². The highest BCUT2D eigenvalue weighted by Gasteiger charge is 2.25. The van der Waals surface area contributed by atoms with E-state index in [1.165, 1.54) is 37.4 Å². The summed E-state index contributed by atoms with van der Waals surface area (Å²) in [5, 5.41) is 2.45. The second-order valence-corrected chi connectivity index (χ2v) is 7.86. The summed E-state index contributed by atoms with van der Waals surface area (Å²) in [5.74, 6) is -2.79. The van der Waals surface area contributed by atoms with Crippen molar-refractivity contribution in [2.75, 3.05) is 16.7 Å². The minimum Gasteiger partial charge on any atom is -0.322 e. The zero-order chi connectivity index (χ0) is 20.3. The van der Waals surface area contributed by atoms with Gasteiger partial charge in [0.2, 0.25) is 0 Å². The molecule has 3 rings (SSSR count). The lowest BCUT2D eigenvalue weighted by molar-refractivity contribution is 0.102. The van der Waals surface area contributed by atoms with Crippen LogP contribution in [0.2, 0.25) is 0 Å². The molecule has 0 aliphatic heterocycles. The zero-order valence-corrected chi connectivity index (χ0v) is 15.6. The minimum atomic E-state index is -3.89. The first-order valence-electron chi connectivity index (χ1n) is 8.20. The third-order valence-electron chi connectivity index (χ3n) is 4.07. The Kier molecular flexibility index (Phi) is 5.41. The van der Waals surface area contributed by atoms with Gasteiger partial charge in [0.05, 0.1) is 16.1 Å². The number of benzene rings is 3. The number of carbonyl (C=O) groups is 1. The summed E-state index contributed by atoms with van der Waals surface area (Å²) >= 11 is 0. The Morgan fingerprint density at radius 1 is 0.893 bits per heavy atom. The quantitative estimate of drug-likeness (QED) is 0.700. The number of hydrogen-bond donors (Lipinski definition) is 1. The van der Waals surface area contributed by atoms with Crippen LogP contribution < -0.4 is 9.62 Å². The lowest BCUT2D eigenvalue weighted by atomic mass is 10.1. The molecule has 28 heavy (non-hydrogen) atoms. The third kappa shape index (κ3) is 3.86. The largest absolute Gasteiger partial charge is 0.322 e. The van der Waals surface area contributed by atoms with Gasteiger partial charge in [0.25, 0.3) is 15.9 Å². The summed E-state index contributed by atoms with van der Waals surface area (Å²) in [6, 6.07) is 16.9. The van der Waals surface area contributed by atoms with Gasteiger partial charge in [0.15, 0.2) is 11.6 Å². The Morgan fingerprint density at radius 2 is 1.54 bits per heavy atom. The van der Waals surface area contributed by atoms with Crippen molar-refractivity contribution >= 4 is 27.3 Å². The average Bonchev–Trinajstić information content (AvgIpc) is 2.70. The molecule has 0 aromatic heterocycles. The van der Waals surface area contributed by atoms with Crippen LogP contribution >= 0.6 is 0 Å². The number of nitrogens with one attached hydrogen (secondary N) is 1. The van der Waals surface area contributed by atoms with E-state index in [9.17, 15) is 22.0 Å². The minimum absolute atomic E-state index is 0.0484. The van der Waals surface area contributed by atoms with Crippen molar-refractivity contribution < 1.29 is 22.0 Å². The molecule has 0 saturated heterocycles. The zero-order valence-electron chi connectivity index (χ0n) is 14.8. The molecule has 1 amide bonds. The van der Waals surface area contributed by atoms with Gasteiger partial charge in [-0.2, -0.15) is 0 Å². The van der Waals surface area contributed by atoms with E-state index in [0.717, 1.165) is 16.4 Å². The molecule has 0 unspecified atom stereocenters. The molecule has 8 heteroatoms. The Balaban J connectivity index is 1.94. The molecule has 0 spiro atoms. The van der Waals surface area contributed by atoms with Crippen LogP contribution in [0.4, 0.5) is 20.2 Å². The van der Waals surface area contributed by atoms with Gasteiger partial charge in [-0.05, 0) is 36.4 Å². The van der Waals surface area contributed by atoms with Crippen LogP contribution in [0.5, 0.6) is 0 Å². The molecule has 0 fully saturated rings. The van der Waals surface area contributed by atoms with Gasteiger partial charge in [-0.15, -0.1) is 0 Å². The molecule has 1 N–H and O–H groups in total. The van der Waals surface area contributed by atoms with E-state index in [1.807, 2.05) is 0 Å². The van der Waals surface area contributed by atoms with E-state index in [1.54, 1.807) is 30.3 Å².